The molecule has 6 heteroatoms. The predicted octanol–water partition coefficient (Wildman–Crippen LogP) is 1.43. The van der Waals surface area contributed by atoms with Crippen molar-refractivity contribution in [2.45, 2.75) is 0 Å². The van der Waals surface area contributed by atoms with Crippen molar-refractivity contribution in [2.24, 2.45) is 0 Å². The van der Waals surface area contributed by atoms with Crippen molar-refractivity contribution in [1.82, 2.24) is 10.2 Å². The van der Waals surface area contributed by atoms with Gasteiger partial charge in [0.05, 0.1) is 5.56 Å². The summed E-state index contributed by atoms with van der Waals surface area (Å²) in [6, 6.07) is 8.87. The Hall–Kier alpha value is -2.76. The summed E-state index contributed by atoms with van der Waals surface area (Å²) in [5, 5.41) is 18.6. The molecular weight excluding hydrogens is 234 g/mol. The zero-order chi connectivity index (χ0) is 13.0. The molecule has 1 aromatic carbocycles. The third kappa shape index (κ3) is 2.67. The molecule has 0 saturated heterocycles. The summed E-state index contributed by atoms with van der Waals surface area (Å²) in [6.07, 6.45) is 1.50. The van der Waals surface area contributed by atoms with Crippen molar-refractivity contribution in [3.05, 3.63) is 53.7 Å². The van der Waals surface area contributed by atoms with Crippen LogP contribution in [0.3, 0.4) is 0 Å². The molecule has 0 unspecified atom stereocenters. The monoisotopic (exact) mass is 243 g/mol. The summed E-state index contributed by atoms with van der Waals surface area (Å²) in [5.74, 6) is -1.06. The number of nitrogens with zero attached hydrogens (tertiary/aromatic N) is 2. The lowest BCUT2D eigenvalue weighted by Gasteiger charge is -2.03. The Balaban J connectivity index is 2.12. The Bertz CT molecular complexity index is 567. The van der Waals surface area contributed by atoms with Crippen molar-refractivity contribution in [1.29, 1.82) is 0 Å². The molecular formula is C12H9N3O3. The number of nitrogens with one attached hydrogen (secondary N) is 1. The van der Waals surface area contributed by atoms with E-state index in [0.29, 0.717) is 11.4 Å². The molecule has 0 fully saturated rings. The number of aromatic nitrogens is 2. The molecule has 2 rings (SSSR count). The van der Waals surface area contributed by atoms with Crippen LogP contribution in [0.4, 0.5) is 5.82 Å². The SMILES string of the molecule is O=C(O)c1ccc(C(=O)Nc2cccnn2)cc1. The fourth-order valence-electron chi connectivity index (χ4n) is 1.32. The molecule has 0 atom stereocenters. The molecule has 18 heavy (non-hydrogen) atoms. The first-order chi connectivity index (χ1) is 8.66. The fraction of sp³-hybridized carbons (Fsp3) is 0. The van der Waals surface area contributed by atoms with Crippen LogP contribution in [0.25, 0.3) is 0 Å². The second kappa shape index (κ2) is 5.05. The Labute approximate surface area is 102 Å². The van der Waals surface area contributed by atoms with Crippen molar-refractivity contribution in [3.8, 4) is 0 Å². The number of carbonyl (C=O) groups excluding carboxylic acids is 1. The van der Waals surface area contributed by atoms with E-state index in [9.17, 15) is 9.59 Å². The van der Waals surface area contributed by atoms with Crippen LogP contribution in [0, 0.1) is 0 Å². The number of aromatic carboxylic acids is 1. The standard InChI is InChI=1S/C12H9N3O3/c16-11(14-10-2-1-7-13-15-10)8-3-5-9(6-4-8)12(17)18/h1-7H,(H,17,18)(H,14,15,16). The van der Waals surface area contributed by atoms with Gasteiger partial charge in [-0.15, -0.1) is 5.10 Å². The highest BCUT2D eigenvalue weighted by atomic mass is 16.4. The third-order valence-electron chi connectivity index (χ3n) is 2.21. The highest BCUT2D eigenvalue weighted by Crippen LogP contribution is 2.07. The smallest absolute Gasteiger partial charge is 0.335 e. The van der Waals surface area contributed by atoms with Gasteiger partial charge >= 0.3 is 5.97 Å². The van der Waals surface area contributed by atoms with Crippen molar-refractivity contribution in [2.75, 3.05) is 5.32 Å². The number of benzene rings is 1. The molecule has 6 nitrogen and oxygen atoms in total. The van der Waals surface area contributed by atoms with Crippen LogP contribution in [-0.4, -0.2) is 27.2 Å². The first-order valence-electron chi connectivity index (χ1n) is 5.09. The summed E-state index contributed by atoms with van der Waals surface area (Å²) in [6.45, 7) is 0. The van der Waals surface area contributed by atoms with E-state index in [-0.39, 0.29) is 11.5 Å². The van der Waals surface area contributed by atoms with Crippen LogP contribution >= 0.6 is 0 Å². The number of hydrogen-bond acceptors (Lipinski definition) is 4. The van der Waals surface area contributed by atoms with Crippen LogP contribution in [0.1, 0.15) is 20.7 Å². The van der Waals surface area contributed by atoms with Crippen LogP contribution in [0.2, 0.25) is 0 Å². The number of rotatable bonds is 3. The van der Waals surface area contributed by atoms with Gasteiger partial charge in [-0.05, 0) is 36.4 Å². The van der Waals surface area contributed by atoms with E-state index in [1.165, 1.54) is 30.5 Å². The third-order valence-corrected chi connectivity index (χ3v) is 2.21. The van der Waals surface area contributed by atoms with E-state index in [1.807, 2.05) is 0 Å². The Morgan fingerprint density at radius 3 is 2.28 bits per heavy atom. The van der Waals surface area contributed by atoms with Gasteiger partial charge in [-0.2, -0.15) is 5.10 Å². The molecule has 1 amide bonds. The van der Waals surface area contributed by atoms with Crippen LogP contribution < -0.4 is 5.32 Å². The molecule has 2 N–H and O–H groups in total. The Kier molecular flexibility index (Phi) is 3.29. The highest BCUT2D eigenvalue weighted by molar-refractivity contribution is 6.04. The molecule has 1 heterocycles. The normalized spacial score (nSPS) is 9.78. The molecule has 90 valence electrons. The first kappa shape index (κ1) is 11.7. The van der Waals surface area contributed by atoms with Gasteiger partial charge in [-0.3, -0.25) is 4.79 Å². The lowest BCUT2D eigenvalue weighted by molar-refractivity contribution is 0.0696. The number of carboxylic acid groups (broad SMARTS) is 1. The van der Waals surface area contributed by atoms with Gasteiger partial charge in [0.2, 0.25) is 0 Å². The topological polar surface area (TPSA) is 92.2 Å². The lowest BCUT2D eigenvalue weighted by Crippen LogP contribution is -2.13. The van der Waals surface area contributed by atoms with Gasteiger partial charge in [0, 0.05) is 11.8 Å². The second-order valence-electron chi connectivity index (χ2n) is 3.45. The van der Waals surface area contributed by atoms with Crippen molar-refractivity contribution in [3.63, 3.8) is 0 Å². The molecule has 0 saturated carbocycles. The van der Waals surface area contributed by atoms with E-state index >= 15 is 0 Å². The minimum absolute atomic E-state index is 0.131. The lowest BCUT2D eigenvalue weighted by atomic mass is 10.1. The zero-order valence-electron chi connectivity index (χ0n) is 9.20. The average Bonchev–Trinajstić information content (AvgIpc) is 2.40. The maximum atomic E-state index is 11.8. The summed E-state index contributed by atoms with van der Waals surface area (Å²) in [7, 11) is 0. The maximum absolute atomic E-state index is 11.8. The van der Waals surface area contributed by atoms with Crippen molar-refractivity contribution >= 4 is 17.7 Å². The molecule has 0 radical (unpaired) electrons. The number of carbonyl (C=O) groups is 2. The molecule has 0 bridgehead atoms. The zero-order valence-corrected chi connectivity index (χ0v) is 9.20. The van der Waals surface area contributed by atoms with E-state index in [0.717, 1.165) is 0 Å². The predicted molar refractivity (Wildman–Crippen MR) is 63.4 cm³/mol. The van der Waals surface area contributed by atoms with Gasteiger partial charge in [0.15, 0.2) is 5.82 Å². The molecule has 2 aromatic rings. The van der Waals surface area contributed by atoms with E-state index < -0.39 is 5.97 Å². The largest absolute Gasteiger partial charge is 0.478 e. The van der Waals surface area contributed by atoms with Crippen LogP contribution in [0.5, 0.6) is 0 Å². The molecule has 0 spiro atoms. The number of anilines is 1. The quantitative estimate of drug-likeness (QED) is 0.850. The average molecular weight is 243 g/mol. The minimum Gasteiger partial charge on any atom is -0.478 e. The fourth-order valence-corrected chi connectivity index (χ4v) is 1.32. The summed E-state index contributed by atoms with van der Waals surface area (Å²) in [4.78, 5) is 22.4. The molecule has 0 aliphatic rings. The summed E-state index contributed by atoms with van der Waals surface area (Å²) < 4.78 is 0. The van der Waals surface area contributed by atoms with Gasteiger partial charge < -0.3 is 10.4 Å². The maximum Gasteiger partial charge on any atom is 0.335 e. The van der Waals surface area contributed by atoms with E-state index in [4.69, 9.17) is 5.11 Å². The van der Waals surface area contributed by atoms with Crippen LogP contribution in [0.15, 0.2) is 42.6 Å². The van der Waals surface area contributed by atoms with Crippen molar-refractivity contribution < 1.29 is 14.7 Å². The van der Waals surface area contributed by atoms with Gasteiger partial charge in [0.25, 0.3) is 5.91 Å². The molecule has 0 aliphatic carbocycles. The van der Waals surface area contributed by atoms with Gasteiger partial charge in [-0.1, -0.05) is 0 Å². The van der Waals surface area contributed by atoms with E-state index in [1.54, 1.807) is 12.1 Å². The summed E-state index contributed by atoms with van der Waals surface area (Å²) in [5.41, 5.74) is 0.483. The number of carboxylic acids is 1. The second-order valence-corrected chi connectivity index (χ2v) is 3.45. The van der Waals surface area contributed by atoms with Crippen LogP contribution in [-0.2, 0) is 0 Å². The first-order valence-corrected chi connectivity index (χ1v) is 5.09. The number of hydrogen-bond donors (Lipinski definition) is 2. The Morgan fingerprint density at radius 2 is 1.72 bits per heavy atom. The van der Waals surface area contributed by atoms with E-state index in [2.05, 4.69) is 15.5 Å². The van der Waals surface area contributed by atoms with Gasteiger partial charge in [0.1, 0.15) is 0 Å². The molecule has 0 aliphatic heterocycles. The van der Waals surface area contributed by atoms with Gasteiger partial charge in [-0.25, -0.2) is 4.79 Å². The minimum atomic E-state index is -1.03. The number of amides is 1. The highest BCUT2D eigenvalue weighted by Gasteiger charge is 2.08. The Morgan fingerprint density at radius 1 is 1.06 bits per heavy atom. The summed E-state index contributed by atoms with van der Waals surface area (Å²) >= 11 is 0. The molecule has 1 aromatic heterocycles.